The van der Waals surface area contributed by atoms with Gasteiger partial charge in [0.1, 0.15) is 0 Å². The van der Waals surface area contributed by atoms with Crippen LogP contribution in [-0.4, -0.2) is 23.0 Å². The molecule has 1 nitrogen and oxygen atoms in total. The maximum atomic E-state index is 2.70. The molecule has 2 unspecified atom stereocenters. The zero-order chi connectivity index (χ0) is 8.06. The Morgan fingerprint density at radius 1 is 1.36 bits per heavy atom. The van der Waals surface area contributed by atoms with Crippen LogP contribution in [0.3, 0.4) is 0 Å². The summed E-state index contributed by atoms with van der Waals surface area (Å²) in [6.07, 6.45) is 4.38. The Labute approximate surface area is 69.8 Å². The van der Waals surface area contributed by atoms with Crippen LogP contribution in [0.4, 0.5) is 0 Å². The molecule has 0 radical (unpaired) electrons. The van der Waals surface area contributed by atoms with Gasteiger partial charge in [0.15, 0.2) is 0 Å². The molecule has 0 aromatic carbocycles. The van der Waals surface area contributed by atoms with Gasteiger partial charge in [0.25, 0.3) is 0 Å². The van der Waals surface area contributed by atoms with Crippen molar-refractivity contribution in [2.24, 2.45) is 5.92 Å². The van der Waals surface area contributed by atoms with Gasteiger partial charge in [-0.2, -0.15) is 0 Å². The highest BCUT2D eigenvalue weighted by Gasteiger charge is 2.51. The van der Waals surface area contributed by atoms with E-state index < -0.39 is 0 Å². The van der Waals surface area contributed by atoms with Crippen LogP contribution in [0.15, 0.2) is 0 Å². The van der Waals surface area contributed by atoms with Gasteiger partial charge in [-0.1, -0.05) is 0 Å². The highest BCUT2D eigenvalue weighted by Crippen LogP contribution is 2.50. The second kappa shape index (κ2) is 2.22. The fourth-order valence-corrected chi connectivity index (χ4v) is 3.00. The second-order valence-electron chi connectivity index (χ2n) is 4.67. The van der Waals surface area contributed by atoms with Crippen molar-refractivity contribution in [3.05, 3.63) is 0 Å². The predicted octanol–water partition coefficient (Wildman–Crippen LogP) is 2.27. The molecule has 2 fully saturated rings. The van der Waals surface area contributed by atoms with Crippen molar-refractivity contribution in [1.29, 1.82) is 0 Å². The lowest BCUT2D eigenvalue weighted by Crippen LogP contribution is -2.54. The van der Waals surface area contributed by atoms with Crippen molar-refractivity contribution in [3.63, 3.8) is 0 Å². The third kappa shape index (κ3) is 0.868. The number of rotatable bonds is 1. The largest absolute Gasteiger partial charge is 0.295 e. The van der Waals surface area contributed by atoms with E-state index in [1.165, 1.54) is 25.8 Å². The summed E-state index contributed by atoms with van der Waals surface area (Å²) < 4.78 is 0. The molecule has 64 valence electrons. The molecule has 2 aliphatic rings. The molecule has 0 bridgehead atoms. The van der Waals surface area contributed by atoms with Gasteiger partial charge in [-0.15, -0.1) is 0 Å². The van der Waals surface area contributed by atoms with E-state index in [0.29, 0.717) is 5.54 Å². The number of fused-ring (bicyclic) bond motifs is 1. The van der Waals surface area contributed by atoms with E-state index in [2.05, 4.69) is 25.7 Å². The monoisotopic (exact) mass is 153 g/mol. The Balaban J connectivity index is 2.13. The van der Waals surface area contributed by atoms with Gasteiger partial charge in [-0.05, 0) is 52.5 Å². The number of hydrogen-bond acceptors (Lipinski definition) is 1. The first-order chi connectivity index (χ1) is 5.14. The first-order valence-electron chi connectivity index (χ1n) is 4.91. The topological polar surface area (TPSA) is 3.24 Å². The van der Waals surface area contributed by atoms with Gasteiger partial charge in [-0.3, -0.25) is 4.90 Å². The second-order valence-corrected chi connectivity index (χ2v) is 4.67. The molecule has 0 aromatic rings. The van der Waals surface area contributed by atoms with Gasteiger partial charge in [0, 0.05) is 11.6 Å². The van der Waals surface area contributed by atoms with Gasteiger partial charge in [-0.25, -0.2) is 0 Å². The Kier molecular flexibility index (Phi) is 1.54. The van der Waals surface area contributed by atoms with Gasteiger partial charge in [0.2, 0.25) is 0 Å². The fourth-order valence-electron chi connectivity index (χ4n) is 3.00. The summed E-state index contributed by atoms with van der Waals surface area (Å²) in [6, 6.07) is 0.755. The minimum Gasteiger partial charge on any atom is -0.295 e. The molecule has 1 aliphatic carbocycles. The number of likely N-dealkylation sites (tertiary alicyclic amines) is 1. The molecular weight excluding hydrogens is 134 g/mol. The lowest BCUT2D eigenvalue weighted by atomic mass is 9.68. The van der Waals surface area contributed by atoms with Crippen molar-refractivity contribution in [2.75, 3.05) is 6.54 Å². The minimum atomic E-state index is 0.605. The highest BCUT2D eigenvalue weighted by molar-refractivity contribution is 5.06. The molecule has 2 rings (SSSR count). The summed E-state index contributed by atoms with van der Waals surface area (Å²) in [5, 5.41) is 0. The number of nitrogens with zero attached hydrogens (tertiary/aromatic N) is 1. The van der Waals surface area contributed by atoms with Crippen molar-refractivity contribution in [3.8, 4) is 0 Å². The summed E-state index contributed by atoms with van der Waals surface area (Å²) >= 11 is 0. The average molecular weight is 153 g/mol. The summed E-state index contributed by atoms with van der Waals surface area (Å²) in [6.45, 7) is 8.45. The van der Waals surface area contributed by atoms with Crippen LogP contribution >= 0.6 is 0 Å². The van der Waals surface area contributed by atoms with E-state index in [0.717, 1.165) is 12.0 Å². The Bertz CT molecular complexity index is 164. The first kappa shape index (κ1) is 7.60. The molecule has 0 amide bonds. The Morgan fingerprint density at radius 3 is 2.36 bits per heavy atom. The zero-order valence-electron chi connectivity index (χ0n) is 7.93. The first-order valence-corrected chi connectivity index (χ1v) is 4.91. The minimum absolute atomic E-state index is 0.605. The molecule has 11 heavy (non-hydrogen) atoms. The molecule has 1 aliphatic heterocycles. The summed E-state index contributed by atoms with van der Waals surface area (Å²) in [5.41, 5.74) is 0.605. The lowest BCUT2D eigenvalue weighted by Gasteiger charge is -2.49. The maximum absolute atomic E-state index is 2.70. The Hall–Kier alpha value is -0.0400. The van der Waals surface area contributed by atoms with Crippen LogP contribution in [0.1, 0.15) is 40.0 Å². The van der Waals surface area contributed by atoms with Crippen LogP contribution in [0, 0.1) is 5.92 Å². The van der Waals surface area contributed by atoms with Crippen LogP contribution in [-0.2, 0) is 0 Å². The average Bonchev–Trinajstić information content (AvgIpc) is 2.12. The predicted molar refractivity (Wildman–Crippen MR) is 47.6 cm³/mol. The maximum Gasteiger partial charge on any atom is 0.0212 e. The van der Waals surface area contributed by atoms with Crippen molar-refractivity contribution >= 4 is 0 Å². The van der Waals surface area contributed by atoms with E-state index in [4.69, 9.17) is 0 Å². The van der Waals surface area contributed by atoms with E-state index in [-0.39, 0.29) is 0 Å². The van der Waals surface area contributed by atoms with Crippen LogP contribution in [0.5, 0.6) is 0 Å². The summed E-state index contributed by atoms with van der Waals surface area (Å²) in [7, 11) is 0. The molecule has 1 heterocycles. The standard InChI is InChI=1S/C10H19N/c1-8(2)11-7-5-9-4-6-10(9,11)3/h8-9H,4-7H2,1-3H3. The van der Waals surface area contributed by atoms with Gasteiger partial charge in [0.05, 0.1) is 0 Å². The zero-order valence-corrected chi connectivity index (χ0v) is 7.93. The van der Waals surface area contributed by atoms with Crippen LogP contribution < -0.4 is 0 Å². The van der Waals surface area contributed by atoms with Crippen molar-refractivity contribution in [1.82, 2.24) is 4.90 Å². The smallest absolute Gasteiger partial charge is 0.0212 e. The van der Waals surface area contributed by atoms with E-state index in [1.54, 1.807) is 0 Å². The molecule has 0 aromatic heterocycles. The highest BCUT2D eigenvalue weighted by atomic mass is 15.3. The summed E-state index contributed by atoms with van der Waals surface area (Å²) in [5.74, 6) is 1.03. The third-order valence-corrected chi connectivity index (χ3v) is 3.88. The van der Waals surface area contributed by atoms with Crippen molar-refractivity contribution in [2.45, 2.75) is 51.6 Å². The molecule has 1 saturated carbocycles. The fraction of sp³-hybridized carbons (Fsp3) is 1.00. The molecule has 1 heteroatoms. The Morgan fingerprint density at radius 2 is 2.09 bits per heavy atom. The quantitative estimate of drug-likeness (QED) is 0.558. The SMILES string of the molecule is CC(C)N1CCC2CCC21C. The molecular formula is C10H19N. The molecule has 2 atom stereocenters. The van der Waals surface area contributed by atoms with Crippen LogP contribution in [0.2, 0.25) is 0 Å². The van der Waals surface area contributed by atoms with Gasteiger partial charge >= 0.3 is 0 Å². The van der Waals surface area contributed by atoms with E-state index >= 15 is 0 Å². The van der Waals surface area contributed by atoms with E-state index in [1.807, 2.05) is 0 Å². The van der Waals surface area contributed by atoms with Gasteiger partial charge < -0.3 is 0 Å². The van der Waals surface area contributed by atoms with Crippen LogP contribution in [0.25, 0.3) is 0 Å². The summed E-state index contributed by atoms with van der Waals surface area (Å²) in [4.78, 5) is 2.70. The van der Waals surface area contributed by atoms with Crippen molar-refractivity contribution < 1.29 is 0 Å². The lowest BCUT2D eigenvalue weighted by molar-refractivity contribution is 0.0159. The van der Waals surface area contributed by atoms with E-state index in [9.17, 15) is 0 Å². The number of hydrogen-bond donors (Lipinski definition) is 0. The molecule has 1 saturated heterocycles. The molecule has 0 N–H and O–H groups in total. The third-order valence-electron chi connectivity index (χ3n) is 3.88. The molecule has 0 spiro atoms. The normalized spacial score (nSPS) is 44.2.